The lowest BCUT2D eigenvalue weighted by molar-refractivity contribution is 0.619. The first kappa shape index (κ1) is 71.2. The van der Waals surface area contributed by atoms with Gasteiger partial charge in [-0.1, -0.05) is 188 Å². The van der Waals surface area contributed by atoms with Crippen molar-refractivity contribution in [3.63, 3.8) is 0 Å². The molecule has 123 heavy (non-hydrogen) atoms. The Balaban J connectivity index is 0.000000107. The summed E-state index contributed by atoms with van der Waals surface area (Å²) in [4.78, 5) is 63.5. The molecule has 12 aromatic carbocycles. The standard InChI is InChI=1S/C37H21N5O.C35H21N5O.C35H21N3O/c1-2-7-24(8-3-1)37-42-36-31(43-37)19-16-27-32(36)26-10-4-5-11-28(26)40-33(27)25-15-17-29(39-21-25)30-18-14-23-13-12-22-9-6-20-38-34(22)35(23)41-30;1-2-9-22(10-3-1)35-40-34-31(41-35)19-17-25-32(34)24-11-4-5-12-26(24)39-33(25)23-16-18-28(37-21-23)30-15-8-14-29(38-30)27-13-6-7-20-36-27;1-2-10-23(11-3-1)35-38-34-31(39-35)20-18-28-32(34)27-14-6-7-16-30(27)37-33(28)24-17-19-29(36-21-24)26-15-8-12-22-9-4-5-13-25(22)26/h1-21H;1-21H;1-21H. The van der Waals surface area contributed by atoms with Gasteiger partial charge in [-0.3, -0.25) is 24.9 Å². The van der Waals surface area contributed by atoms with E-state index < -0.39 is 0 Å². The summed E-state index contributed by atoms with van der Waals surface area (Å²) in [5, 5.41) is 13.7. The van der Waals surface area contributed by atoms with Gasteiger partial charge in [0.2, 0.25) is 17.7 Å². The molecule has 0 spiro atoms. The first-order valence-electron chi connectivity index (χ1n) is 40.4. The zero-order valence-electron chi connectivity index (χ0n) is 65.4. The van der Waals surface area contributed by atoms with Crippen molar-refractivity contribution in [2.24, 2.45) is 0 Å². The van der Waals surface area contributed by atoms with Crippen LogP contribution < -0.4 is 0 Å². The minimum Gasteiger partial charge on any atom is -0.436 e. The van der Waals surface area contributed by atoms with Crippen LogP contribution in [0.15, 0.2) is 396 Å². The molecule has 16 nitrogen and oxygen atoms in total. The van der Waals surface area contributed by atoms with E-state index in [-0.39, 0.29) is 0 Å². The quantitative estimate of drug-likeness (QED) is 0.117. The summed E-state index contributed by atoms with van der Waals surface area (Å²) in [6, 6.07) is 118. The predicted octanol–water partition coefficient (Wildman–Crippen LogP) is 26.5. The number of hydrogen-bond donors (Lipinski definition) is 0. The molecule has 13 aromatic heterocycles. The molecular formula is C107H63N13O3. The zero-order valence-corrected chi connectivity index (χ0v) is 65.4. The van der Waals surface area contributed by atoms with Crippen LogP contribution in [0.5, 0.6) is 0 Å². The summed E-state index contributed by atoms with van der Waals surface area (Å²) < 4.78 is 18.6. The lowest BCUT2D eigenvalue weighted by Gasteiger charge is -2.11. The summed E-state index contributed by atoms with van der Waals surface area (Å²) in [7, 11) is 0. The Labute approximate surface area is 701 Å². The number of hydrogen-bond acceptors (Lipinski definition) is 16. The van der Waals surface area contributed by atoms with Crippen molar-refractivity contribution in [1.29, 1.82) is 0 Å². The van der Waals surface area contributed by atoms with Crippen molar-refractivity contribution in [3.8, 4) is 114 Å². The zero-order chi connectivity index (χ0) is 81.3. The Kier molecular flexibility index (Phi) is 17.4. The first-order chi connectivity index (χ1) is 60.9. The largest absolute Gasteiger partial charge is 0.436 e. The van der Waals surface area contributed by atoms with Gasteiger partial charge in [-0.05, 0) is 175 Å². The highest BCUT2D eigenvalue weighted by Gasteiger charge is 2.24. The van der Waals surface area contributed by atoms with Crippen molar-refractivity contribution in [2.75, 3.05) is 0 Å². The van der Waals surface area contributed by atoms with Gasteiger partial charge in [-0.15, -0.1) is 0 Å². The molecule has 0 saturated carbocycles. The molecule has 0 radical (unpaired) electrons. The molecule has 0 aliphatic rings. The Morgan fingerprint density at radius 2 is 0.545 bits per heavy atom. The van der Waals surface area contributed by atoms with Gasteiger partial charge < -0.3 is 13.3 Å². The maximum Gasteiger partial charge on any atom is 0.227 e. The second-order valence-corrected chi connectivity index (χ2v) is 29.9. The SMILES string of the molecule is c1ccc(-c2nc3c(ccc4c(-c5ccc(-c6ccc7ccc8cccnc8c7n6)nc5)nc5ccccc5c43)o2)cc1.c1ccc(-c2nc3c(ccc4c(-c5ccc(-c6cccc(-c7ccccn7)n6)nc5)nc5ccccc5c43)o2)cc1.c1ccc(-c2nc3c(ccc4c(-c5ccc(-c6cccc7ccccc67)nc5)nc5ccccc5c43)o2)cc1. The van der Waals surface area contributed by atoms with Crippen LogP contribution in [0.2, 0.25) is 0 Å². The van der Waals surface area contributed by atoms with Gasteiger partial charge in [0.05, 0.1) is 84.5 Å². The van der Waals surface area contributed by atoms with Crippen molar-refractivity contribution in [3.05, 3.63) is 383 Å². The molecule has 0 unspecified atom stereocenters. The molecule has 0 aliphatic heterocycles. The molecule has 0 atom stereocenters. The number of aromatic nitrogens is 13. The highest BCUT2D eigenvalue weighted by molar-refractivity contribution is 6.23. The number of pyridine rings is 10. The second kappa shape index (κ2) is 30.1. The molecule has 16 heteroatoms. The van der Waals surface area contributed by atoms with Crippen LogP contribution >= 0.6 is 0 Å². The summed E-state index contributed by atoms with van der Waals surface area (Å²) in [6.45, 7) is 0. The van der Waals surface area contributed by atoms with E-state index in [0.717, 1.165) is 216 Å². The summed E-state index contributed by atoms with van der Waals surface area (Å²) >= 11 is 0. The van der Waals surface area contributed by atoms with Gasteiger partial charge in [-0.25, -0.2) is 39.9 Å². The molecule has 0 aliphatic carbocycles. The van der Waals surface area contributed by atoms with E-state index in [1.807, 2.05) is 243 Å². The number of para-hydroxylation sites is 3. The highest BCUT2D eigenvalue weighted by Crippen LogP contribution is 2.44. The van der Waals surface area contributed by atoms with Crippen molar-refractivity contribution < 1.29 is 13.3 Å². The van der Waals surface area contributed by atoms with Gasteiger partial charge in [0.25, 0.3) is 0 Å². The van der Waals surface area contributed by atoms with Crippen LogP contribution in [0.4, 0.5) is 0 Å². The molecule has 13 heterocycles. The third-order valence-electron chi connectivity index (χ3n) is 22.5. The van der Waals surface area contributed by atoms with E-state index in [9.17, 15) is 0 Å². The maximum atomic E-state index is 6.22. The van der Waals surface area contributed by atoms with Gasteiger partial charge >= 0.3 is 0 Å². The number of rotatable bonds is 10. The predicted molar refractivity (Wildman–Crippen MR) is 492 cm³/mol. The van der Waals surface area contributed by atoms with Crippen LogP contribution in [0.25, 0.3) is 244 Å². The Morgan fingerprint density at radius 3 is 1.01 bits per heavy atom. The van der Waals surface area contributed by atoms with E-state index in [1.165, 1.54) is 10.8 Å². The number of oxazole rings is 3. The summed E-state index contributed by atoms with van der Waals surface area (Å²) in [5.41, 5.74) is 24.2. The maximum absolute atomic E-state index is 6.22. The minimum absolute atomic E-state index is 0.599. The summed E-state index contributed by atoms with van der Waals surface area (Å²) in [6.07, 6.45) is 9.24. The van der Waals surface area contributed by atoms with E-state index in [1.54, 1.807) is 12.4 Å². The van der Waals surface area contributed by atoms with Crippen molar-refractivity contribution in [1.82, 2.24) is 64.8 Å². The fourth-order valence-electron chi connectivity index (χ4n) is 16.7. The number of nitrogens with zero attached hydrogens (tertiary/aromatic N) is 13. The minimum atomic E-state index is 0.599. The van der Waals surface area contributed by atoms with E-state index in [4.69, 9.17) is 68.1 Å². The topological polar surface area (TPSA) is 207 Å². The van der Waals surface area contributed by atoms with Crippen LogP contribution in [0, 0.1) is 0 Å². The van der Waals surface area contributed by atoms with Crippen molar-refractivity contribution >= 4 is 131 Å². The highest BCUT2D eigenvalue weighted by atomic mass is 16.4. The third kappa shape index (κ3) is 12.9. The molecule has 0 amide bonds. The fraction of sp³-hybridized carbons (Fsp3) is 0. The monoisotopic (exact) mass is 1580 g/mol. The van der Waals surface area contributed by atoms with Gasteiger partial charge in [0, 0.05) is 129 Å². The Bertz CT molecular complexity index is 8420. The normalized spacial score (nSPS) is 11.6. The third-order valence-corrected chi connectivity index (χ3v) is 22.5. The van der Waals surface area contributed by atoms with Crippen LogP contribution in [0.1, 0.15) is 0 Å². The average Bonchev–Trinajstić information content (AvgIpc) is 1.72. The molecule has 0 N–H and O–H groups in total. The van der Waals surface area contributed by atoms with Gasteiger partial charge in [0.1, 0.15) is 16.6 Å². The molecule has 25 rings (SSSR count). The molecule has 0 bridgehead atoms. The van der Waals surface area contributed by atoms with Crippen LogP contribution in [-0.2, 0) is 0 Å². The van der Waals surface area contributed by atoms with Gasteiger partial charge in [0.15, 0.2) is 16.7 Å². The Morgan fingerprint density at radius 1 is 0.179 bits per heavy atom. The average molecular weight is 1580 g/mol. The lowest BCUT2D eigenvalue weighted by Crippen LogP contribution is -1.94. The first-order valence-corrected chi connectivity index (χ1v) is 40.4. The van der Waals surface area contributed by atoms with Crippen molar-refractivity contribution in [2.45, 2.75) is 0 Å². The number of benzene rings is 12. The molecule has 25 aromatic rings. The molecule has 0 saturated heterocycles. The van der Waals surface area contributed by atoms with Crippen LogP contribution in [-0.4, -0.2) is 64.8 Å². The lowest BCUT2D eigenvalue weighted by atomic mass is 9.98. The van der Waals surface area contributed by atoms with E-state index in [0.29, 0.717) is 17.7 Å². The van der Waals surface area contributed by atoms with Gasteiger partial charge in [-0.2, -0.15) is 0 Å². The fourth-order valence-corrected chi connectivity index (χ4v) is 16.7. The second-order valence-electron chi connectivity index (χ2n) is 29.9. The molecule has 574 valence electrons. The summed E-state index contributed by atoms with van der Waals surface area (Å²) in [5.74, 6) is 1.81. The van der Waals surface area contributed by atoms with E-state index >= 15 is 0 Å². The molecular weight excluding hydrogens is 1520 g/mol. The molecule has 0 fully saturated rings. The smallest absolute Gasteiger partial charge is 0.227 e. The van der Waals surface area contributed by atoms with E-state index in [2.05, 4.69) is 137 Å². The number of fused-ring (bicyclic) bond motifs is 19. The van der Waals surface area contributed by atoms with Crippen LogP contribution in [0.3, 0.4) is 0 Å². The Hall–Kier alpha value is -17.1.